The SMILES string of the molecule is C1=Cc2oc3cccc(-c4nc(-c5ccccc5)nc(-c5ccc6ccc7c8ccccc8ccc7c6c5)n4)c3c2CC1. The van der Waals surface area contributed by atoms with Crippen molar-refractivity contribution >= 4 is 49.4 Å². The number of hydrogen-bond donors (Lipinski definition) is 0. The third-order valence-corrected chi connectivity index (χ3v) is 8.59. The van der Waals surface area contributed by atoms with Gasteiger partial charge in [0.05, 0.1) is 0 Å². The van der Waals surface area contributed by atoms with Crippen LogP contribution in [0.15, 0.2) is 126 Å². The van der Waals surface area contributed by atoms with Crippen LogP contribution in [0.5, 0.6) is 0 Å². The molecule has 0 radical (unpaired) electrons. The molecule has 0 bridgehead atoms. The van der Waals surface area contributed by atoms with Gasteiger partial charge >= 0.3 is 0 Å². The topological polar surface area (TPSA) is 51.8 Å². The normalized spacial score (nSPS) is 12.8. The lowest BCUT2D eigenvalue weighted by molar-refractivity contribution is 0.595. The molecule has 0 atom stereocenters. The van der Waals surface area contributed by atoms with Crippen molar-refractivity contribution < 1.29 is 4.42 Å². The highest BCUT2D eigenvalue weighted by atomic mass is 16.3. The van der Waals surface area contributed by atoms with Crippen LogP contribution in [0.25, 0.3) is 83.5 Å². The molecule has 2 heterocycles. The van der Waals surface area contributed by atoms with Crippen molar-refractivity contribution in [3.63, 3.8) is 0 Å². The molecule has 0 spiro atoms. The van der Waals surface area contributed by atoms with E-state index in [-0.39, 0.29) is 0 Å². The number of aryl methyl sites for hydroxylation is 1. The number of benzene rings is 6. The molecule has 4 heteroatoms. The molecule has 2 aromatic heterocycles. The molecule has 0 saturated carbocycles. The molecular weight excluding hydrogens is 526 g/mol. The molecule has 0 saturated heterocycles. The molecule has 8 aromatic rings. The molecule has 0 fully saturated rings. The Hall–Kier alpha value is -5.61. The molecule has 0 N–H and O–H groups in total. The van der Waals surface area contributed by atoms with Gasteiger partial charge in [0.1, 0.15) is 11.3 Å². The zero-order valence-electron chi connectivity index (χ0n) is 23.3. The van der Waals surface area contributed by atoms with E-state index < -0.39 is 0 Å². The fourth-order valence-corrected chi connectivity index (χ4v) is 6.52. The van der Waals surface area contributed by atoms with Crippen LogP contribution in [0, 0.1) is 0 Å². The maximum absolute atomic E-state index is 6.24. The summed E-state index contributed by atoms with van der Waals surface area (Å²) in [6, 6.07) is 40.3. The minimum Gasteiger partial charge on any atom is -0.456 e. The lowest BCUT2D eigenvalue weighted by atomic mass is 9.96. The molecule has 9 rings (SSSR count). The van der Waals surface area contributed by atoms with Gasteiger partial charge in [-0.1, -0.05) is 109 Å². The Labute approximate surface area is 248 Å². The number of nitrogens with zero attached hydrogens (tertiary/aromatic N) is 3. The van der Waals surface area contributed by atoms with Crippen LogP contribution in [0.1, 0.15) is 17.7 Å². The van der Waals surface area contributed by atoms with Crippen molar-refractivity contribution in [2.24, 2.45) is 0 Å². The summed E-state index contributed by atoms with van der Waals surface area (Å²) in [7, 11) is 0. The molecular formula is C39H25N3O. The van der Waals surface area contributed by atoms with Crippen molar-refractivity contribution in [3.8, 4) is 34.2 Å². The summed E-state index contributed by atoms with van der Waals surface area (Å²) in [4.78, 5) is 15.2. The van der Waals surface area contributed by atoms with Gasteiger partial charge in [-0.3, -0.25) is 0 Å². The third-order valence-electron chi connectivity index (χ3n) is 8.59. The predicted octanol–water partition coefficient (Wildman–Crippen LogP) is 10.0. The summed E-state index contributed by atoms with van der Waals surface area (Å²) in [5.41, 5.74) is 4.96. The van der Waals surface area contributed by atoms with Crippen molar-refractivity contribution in [3.05, 3.63) is 133 Å². The summed E-state index contributed by atoms with van der Waals surface area (Å²) in [6.07, 6.45) is 6.18. The zero-order chi connectivity index (χ0) is 28.3. The molecule has 0 unspecified atom stereocenters. The lowest BCUT2D eigenvalue weighted by Crippen LogP contribution is -2.01. The van der Waals surface area contributed by atoms with Crippen LogP contribution in [0.4, 0.5) is 0 Å². The fourth-order valence-electron chi connectivity index (χ4n) is 6.52. The minimum atomic E-state index is 0.650. The van der Waals surface area contributed by atoms with E-state index in [1.807, 2.05) is 42.5 Å². The zero-order valence-corrected chi connectivity index (χ0v) is 23.3. The van der Waals surface area contributed by atoms with E-state index in [4.69, 9.17) is 19.4 Å². The number of aromatic nitrogens is 3. The van der Waals surface area contributed by atoms with Gasteiger partial charge in [0.2, 0.25) is 0 Å². The maximum atomic E-state index is 6.24. The van der Waals surface area contributed by atoms with Crippen LogP contribution >= 0.6 is 0 Å². The van der Waals surface area contributed by atoms with Crippen LogP contribution in [0.2, 0.25) is 0 Å². The number of fused-ring (bicyclic) bond motifs is 8. The number of furan rings is 1. The Kier molecular flexibility index (Phi) is 5.29. The molecule has 0 amide bonds. The van der Waals surface area contributed by atoms with Gasteiger partial charge in [0.25, 0.3) is 0 Å². The lowest BCUT2D eigenvalue weighted by Gasteiger charge is -2.12. The van der Waals surface area contributed by atoms with E-state index >= 15 is 0 Å². The smallest absolute Gasteiger partial charge is 0.164 e. The van der Waals surface area contributed by atoms with E-state index in [9.17, 15) is 0 Å². The average Bonchev–Trinajstić information content (AvgIpc) is 3.47. The molecule has 0 aliphatic heterocycles. The van der Waals surface area contributed by atoms with E-state index in [1.165, 1.54) is 37.9 Å². The van der Waals surface area contributed by atoms with Crippen molar-refractivity contribution in [1.29, 1.82) is 0 Å². The summed E-state index contributed by atoms with van der Waals surface area (Å²) >= 11 is 0. The van der Waals surface area contributed by atoms with Crippen molar-refractivity contribution in [2.45, 2.75) is 12.8 Å². The second-order valence-corrected chi connectivity index (χ2v) is 11.1. The molecule has 6 aromatic carbocycles. The maximum Gasteiger partial charge on any atom is 0.164 e. The molecule has 43 heavy (non-hydrogen) atoms. The molecule has 202 valence electrons. The third kappa shape index (κ3) is 3.87. The Morgan fingerprint density at radius 2 is 1.26 bits per heavy atom. The highest BCUT2D eigenvalue weighted by Gasteiger charge is 2.21. The van der Waals surface area contributed by atoms with Crippen molar-refractivity contribution in [2.75, 3.05) is 0 Å². The summed E-state index contributed by atoms with van der Waals surface area (Å²) in [5.74, 6) is 2.88. The Morgan fingerprint density at radius 1 is 0.535 bits per heavy atom. The first-order chi connectivity index (χ1) is 21.3. The van der Waals surface area contributed by atoms with Gasteiger partial charge in [0.15, 0.2) is 17.5 Å². The fraction of sp³-hybridized carbons (Fsp3) is 0.0513. The summed E-state index contributed by atoms with van der Waals surface area (Å²) in [5, 5.41) is 8.43. The number of allylic oxidation sites excluding steroid dienone is 1. The van der Waals surface area contributed by atoms with Gasteiger partial charge in [-0.2, -0.15) is 0 Å². The minimum absolute atomic E-state index is 0.650. The standard InChI is InChI=1S/C39H25N3O/c1-2-10-26(11-3-1)37-40-38(42-39(41-37)32-14-8-16-35-36(32)31-13-6-7-15-34(31)43-35)27-18-17-25-20-21-29-28-12-5-4-9-24(28)19-22-30(29)33(25)23-27/h1-5,7-12,14-23H,6,13H2. The Balaban J connectivity index is 1.29. The van der Waals surface area contributed by atoms with E-state index in [0.29, 0.717) is 17.5 Å². The van der Waals surface area contributed by atoms with E-state index in [1.54, 1.807) is 0 Å². The van der Waals surface area contributed by atoms with Crippen LogP contribution in [-0.4, -0.2) is 15.0 Å². The second-order valence-electron chi connectivity index (χ2n) is 11.1. The van der Waals surface area contributed by atoms with Gasteiger partial charge < -0.3 is 4.42 Å². The van der Waals surface area contributed by atoms with Crippen LogP contribution < -0.4 is 0 Å². The predicted molar refractivity (Wildman–Crippen MR) is 176 cm³/mol. The van der Waals surface area contributed by atoms with E-state index in [2.05, 4.69) is 84.9 Å². The quantitative estimate of drug-likeness (QED) is 0.205. The number of hydrogen-bond acceptors (Lipinski definition) is 4. The largest absolute Gasteiger partial charge is 0.456 e. The highest BCUT2D eigenvalue weighted by molar-refractivity contribution is 6.17. The molecule has 1 aliphatic carbocycles. The Morgan fingerprint density at radius 3 is 2.14 bits per heavy atom. The van der Waals surface area contributed by atoms with Gasteiger partial charge in [-0.25, -0.2) is 15.0 Å². The number of rotatable bonds is 3. The molecule has 1 aliphatic rings. The summed E-state index contributed by atoms with van der Waals surface area (Å²) in [6.45, 7) is 0. The van der Waals surface area contributed by atoms with Gasteiger partial charge in [-0.15, -0.1) is 0 Å². The Bertz CT molecular complexity index is 2400. The van der Waals surface area contributed by atoms with Gasteiger partial charge in [-0.05, 0) is 63.4 Å². The second kappa shape index (κ2) is 9.47. The average molecular weight is 552 g/mol. The first kappa shape index (κ1) is 24.0. The molecule has 4 nitrogen and oxygen atoms in total. The van der Waals surface area contributed by atoms with Crippen molar-refractivity contribution in [1.82, 2.24) is 15.0 Å². The van der Waals surface area contributed by atoms with E-state index in [0.717, 1.165) is 46.3 Å². The monoisotopic (exact) mass is 551 g/mol. The van der Waals surface area contributed by atoms with Crippen LogP contribution in [-0.2, 0) is 6.42 Å². The van der Waals surface area contributed by atoms with Crippen LogP contribution in [0.3, 0.4) is 0 Å². The first-order valence-electron chi connectivity index (χ1n) is 14.7. The highest BCUT2D eigenvalue weighted by Crippen LogP contribution is 2.38. The summed E-state index contributed by atoms with van der Waals surface area (Å²) < 4.78 is 6.24. The van der Waals surface area contributed by atoms with Gasteiger partial charge in [0, 0.05) is 27.6 Å². The first-order valence-corrected chi connectivity index (χ1v) is 14.7.